The Morgan fingerprint density at radius 1 is 1.28 bits per heavy atom. The Hall–Kier alpha value is -0.180. The first-order valence-corrected chi connectivity index (χ1v) is 9.14. The molecule has 1 N–H and O–H groups in total. The highest BCUT2D eigenvalue weighted by Gasteiger charge is 2.40. The normalized spacial score (nSPS) is 22.3. The van der Waals surface area contributed by atoms with Gasteiger partial charge in [0.25, 0.3) is 0 Å². The van der Waals surface area contributed by atoms with Gasteiger partial charge in [-0.05, 0) is 26.7 Å². The molecule has 0 atom stereocenters. The van der Waals surface area contributed by atoms with Crippen LogP contribution in [0.3, 0.4) is 0 Å². The van der Waals surface area contributed by atoms with E-state index in [2.05, 4.69) is 0 Å². The van der Waals surface area contributed by atoms with Gasteiger partial charge in [0.1, 0.15) is 9.84 Å². The van der Waals surface area contributed by atoms with Gasteiger partial charge in [-0.15, -0.1) is 0 Å². The zero-order chi connectivity index (χ0) is 14.2. The third-order valence-electron chi connectivity index (χ3n) is 3.54. The lowest BCUT2D eigenvalue weighted by molar-refractivity contribution is 0.137. The minimum absolute atomic E-state index is 0.0791. The Morgan fingerprint density at radius 3 is 2.11 bits per heavy atom. The van der Waals surface area contributed by atoms with Crippen LogP contribution in [0.1, 0.15) is 26.7 Å². The second-order valence-electron chi connectivity index (χ2n) is 5.33. The number of sulfonamides is 1. The summed E-state index contributed by atoms with van der Waals surface area (Å²) in [5, 5.41) is 8.54. The van der Waals surface area contributed by atoms with Crippen LogP contribution >= 0.6 is 0 Å². The number of hydrogen-bond acceptors (Lipinski definition) is 5. The van der Waals surface area contributed by atoms with Crippen LogP contribution in [0.25, 0.3) is 0 Å². The molecule has 0 radical (unpaired) electrons. The lowest BCUT2D eigenvalue weighted by Gasteiger charge is -2.36. The van der Waals surface area contributed by atoms with E-state index in [1.165, 1.54) is 7.05 Å². The lowest BCUT2D eigenvalue weighted by Crippen LogP contribution is -2.52. The van der Waals surface area contributed by atoms with Gasteiger partial charge in [0, 0.05) is 7.05 Å². The highest BCUT2D eigenvalue weighted by Crippen LogP contribution is 2.26. The molecule has 1 fully saturated rings. The van der Waals surface area contributed by atoms with Gasteiger partial charge in [0.15, 0.2) is 0 Å². The second-order valence-corrected chi connectivity index (χ2v) is 9.88. The fourth-order valence-electron chi connectivity index (χ4n) is 1.83. The van der Waals surface area contributed by atoms with Crippen molar-refractivity contribution in [3.8, 4) is 0 Å². The molecule has 0 unspecified atom stereocenters. The summed E-state index contributed by atoms with van der Waals surface area (Å²) in [6.07, 6.45) is 0.271. The lowest BCUT2D eigenvalue weighted by atomic mass is 10.1. The van der Waals surface area contributed by atoms with E-state index in [1.54, 1.807) is 13.8 Å². The molecule has 1 aliphatic rings. The van der Waals surface area contributed by atoms with Crippen molar-refractivity contribution >= 4 is 19.9 Å². The summed E-state index contributed by atoms with van der Waals surface area (Å²) in [5.74, 6) is -0.158. The van der Waals surface area contributed by atoms with Crippen molar-refractivity contribution in [2.75, 3.05) is 25.2 Å². The fourth-order valence-corrected chi connectivity index (χ4v) is 5.65. The molecular weight excluding hydrogens is 278 g/mol. The molecule has 18 heavy (non-hydrogen) atoms. The zero-order valence-electron chi connectivity index (χ0n) is 11.0. The summed E-state index contributed by atoms with van der Waals surface area (Å²) in [6, 6.07) is 0. The summed E-state index contributed by atoms with van der Waals surface area (Å²) in [6.45, 7) is 2.97. The maximum absolute atomic E-state index is 12.3. The smallest absolute Gasteiger partial charge is 0.217 e. The monoisotopic (exact) mass is 299 g/mol. The van der Waals surface area contributed by atoms with E-state index in [4.69, 9.17) is 0 Å². The molecular formula is C10H21NO5S2. The number of likely N-dealkylation sites (N-methyl/N-ethyl adjacent to an activating group) is 1. The zero-order valence-corrected chi connectivity index (χ0v) is 12.6. The maximum atomic E-state index is 12.3. The van der Waals surface area contributed by atoms with Crippen LogP contribution in [0.2, 0.25) is 0 Å². The summed E-state index contributed by atoms with van der Waals surface area (Å²) in [4.78, 5) is 0. The van der Waals surface area contributed by atoms with E-state index in [0.717, 1.165) is 4.31 Å². The molecule has 6 nitrogen and oxygen atoms in total. The minimum Gasteiger partial charge on any atom is -0.394 e. The van der Waals surface area contributed by atoms with Gasteiger partial charge in [-0.25, -0.2) is 16.8 Å². The molecule has 108 valence electrons. The Balaban J connectivity index is 2.89. The summed E-state index contributed by atoms with van der Waals surface area (Å²) < 4.78 is 48.4. The van der Waals surface area contributed by atoms with Gasteiger partial charge in [-0.1, -0.05) is 0 Å². The first-order chi connectivity index (χ1) is 8.03. The van der Waals surface area contributed by atoms with Crippen LogP contribution in [0.4, 0.5) is 0 Å². The van der Waals surface area contributed by atoms with Crippen molar-refractivity contribution < 1.29 is 21.9 Å². The average Bonchev–Trinajstić information content (AvgIpc) is 2.27. The van der Waals surface area contributed by atoms with Gasteiger partial charge in [0.05, 0.1) is 28.9 Å². The molecule has 1 aliphatic heterocycles. The molecule has 0 saturated carbocycles. The summed E-state index contributed by atoms with van der Waals surface area (Å²) in [7, 11) is -5.22. The van der Waals surface area contributed by atoms with Crippen LogP contribution in [0, 0.1) is 0 Å². The standard InChI is InChI=1S/C10H21NO5S2/c1-10(2,8-12)11(3)18(15,16)9-4-6-17(13,14)7-5-9/h9,12H,4-8H2,1-3H3. The molecule has 1 rings (SSSR count). The molecule has 0 aliphatic carbocycles. The van der Waals surface area contributed by atoms with E-state index in [-0.39, 0.29) is 31.0 Å². The molecule has 0 amide bonds. The minimum atomic E-state index is -3.57. The van der Waals surface area contributed by atoms with Crippen LogP contribution < -0.4 is 0 Å². The van der Waals surface area contributed by atoms with Crippen molar-refractivity contribution in [2.45, 2.75) is 37.5 Å². The fraction of sp³-hybridized carbons (Fsp3) is 1.00. The topological polar surface area (TPSA) is 91.8 Å². The number of aliphatic hydroxyl groups is 1. The second kappa shape index (κ2) is 5.07. The van der Waals surface area contributed by atoms with E-state index in [0.29, 0.717) is 0 Å². The highest BCUT2D eigenvalue weighted by atomic mass is 32.2. The Labute approximate surface area is 109 Å². The van der Waals surface area contributed by atoms with E-state index in [1.807, 2.05) is 0 Å². The molecule has 8 heteroatoms. The van der Waals surface area contributed by atoms with Crippen molar-refractivity contribution in [3.05, 3.63) is 0 Å². The molecule has 1 saturated heterocycles. The largest absolute Gasteiger partial charge is 0.394 e. The SMILES string of the molecule is CN(C(C)(C)CO)S(=O)(=O)C1CCS(=O)(=O)CC1. The number of sulfone groups is 1. The van der Waals surface area contributed by atoms with Crippen molar-refractivity contribution in [2.24, 2.45) is 0 Å². The predicted molar refractivity (Wildman–Crippen MR) is 69.5 cm³/mol. The van der Waals surface area contributed by atoms with Gasteiger partial charge in [0.2, 0.25) is 10.0 Å². The number of hydrogen-bond donors (Lipinski definition) is 1. The first kappa shape index (κ1) is 15.9. The number of nitrogens with zero attached hydrogens (tertiary/aromatic N) is 1. The molecule has 1 heterocycles. The summed E-state index contributed by atoms with van der Waals surface area (Å²) >= 11 is 0. The number of rotatable bonds is 4. The maximum Gasteiger partial charge on any atom is 0.217 e. The third kappa shape index (κ3) is 3.23. The first-order valence-electron chi connectivity index (χ1n) is 5.82. The van der Waals surface area contributed by atoms with E-state index in [9.17, 15) is 21.9 Å². The Bertz CT molecular complexity index is 480. The van der Waals surface area contributed by atoms with E-state index >= 15 is 0 Å². The Morgan fingerprint density at radius 2 is 1.72 bits per heavy atom. The van der Waals surface area contributed by atoms with Gasteiger partial charge >= 0.3 is 0 Å². The van der Waals surface area contributed by atoms with Crippen molar-refractivity contribution in [1.29, 1.82) is 0 Å². The van der Waals surface area contributed by atoms with Gasteiger partial charge in [-0.3, -0.25) is 0 Å². The molecule has 0 aromatic carbocycles. The molecule has 0 aromatic heterocycles. The van der Waals surface area contributed by atoms with Crippen LogP contribution in [0.5, 0.6) is 0 Å². The third-order valence-corrected chi connectivity index (χ3v) is 7.83. The average molecular weight is 299 g/mol. The predicted octanol–water partition coefficient (Wildman–Crippen LogP) is -0.404. The van der Waals surface area contributed by atoms with Gasteiger partial charge in [-0.2, -0.15) is 4.31 Å². The Kier molecular flexibility index (Phi) is 4.47. The summed E-state index contributed by atoms with van der Waals surface area (Å²) in [5.41, 5.74) is -0.880. The van der Waals surface area contributed by atoms with Crippen LogP contribution in [-0.4, -0.2) is 62.2 Å². The van der Waals surface area contributed by atoms with E-state index < -0.39 is 30.6 Å². The molecule has 0 bridgehead atoms. The molecule has 0 spiro atoms. The number of aliphatic hydroxyl groups excluding tert-OH is 1. The van der Waals surface area contributed by atoms with Crippen LogP contribution in [0.15, 0.2) is 0 Å². The van der Waals surface area contributed by atoms with Gasteiger partial charge < -0.3 is 5.11 Å². The van der Waals surface area contributed by atoms with Crippen molar-refractivity contribution in [1.82, 2.24) is 4.31 Å². The highest BCUT2D eigenvalue weighted by molar-refractivity contribution is 7.92. The van der Waals surface area contributed by atoms with Crippen LogP contribution in [-0.2, 0) is 19.9 Å². The van der Waals surface area contributed by atoms with Crippen molar-refractivity contribution in [3.63, 3.8) is 0 Å². The molecule has 0 aromatic rings. The quantitative estimate of drug-likeness (QED) is 0.762.